The van der Waals surface area contributed by atoms with Gasteiger partial charge in [-0.05, 0) is 45.7 Å². The lowest BCUT2D eigenvalue weighted by Crippen LogP contribution is -2.47. The van der Waals surface area contributed by atoms with E-state index >= 15 is 0 Å². The number of likely N-dealkylation sites (N-methyl/N-ethyl adjacent to an activating group) is 1. The molecule has 0 bridgehead atoms. The summed E-state index contributed by atoms with van der Waals surface area (Å²) in [5, 5.41) is 3.72. The second-order valence-corrected chi connectivity index (χ2v) is 6.39. The van der Waals surface area contributed by atoms with E-state index in [0.29, 0.717) is 18.1 Å². The number of hydrogen-bond acceptors (Lipinski definition) is 4. The zero-order chi connectivity index (χ0) is 14.2. The van der Waals surface area contributed by atoms with E-state index in [1.54, 1.807) is 0 Å². The van der Waals surface area contributed by atoms with E-state index in [2.05, 4.69) is 24.2 Å². The summed E-state index contributed by atoms with van der Waals surface area (Å²) in [6.07, 6.45) is 6.63. The smallest absolute Gasteiger partial charge is 0.0701 e. The Hall–Kier alpha value is -0.160. The van der Waals surface area contributed by atoms with E-state index < -0.39 is 0 Å². The van der Waals surface area contributed by atoms with Crippen LogP contribution in [0, 0.1) is 5.92 Å². The summed E-state index contributed by atoms with van der Waals surface area (Å²) >= 11 is 0. The predicted octanol–water partition coefficient (Wildman–Crippen LogP) is 1.89. The maximum atomic E-state index is 5.85. The molecule has 0 radical (unpaired) electrons. The van der Waals surface area contributed by atoms with Gasteiger partial charge >= 0.3 is 0 Å². The molecule has 2 heterocycles. The fourth-order valence-electron chi connectivity index (χ4n) is 3.29. The quantitative estimate of drug-likeness (QED) is 0.738. The zero-order valence-electron chi connectivity index (χ0n) is 13.3. The van der Waals surface area contributed by atoms with Crippen molar-refractivity contribution in [1.82, 2.24) is 10.2 Å². The molecule has 0 aromatic heterocycles. The van der Waals surface area contributed by atoms with Gasteiger partial charge in [0.1, 0.15) is 0 Å². The van der Waals surface area contributed by atoms with Crippen LogP contribution in [0.25, 0.3) is 0 Å². The lowest BCUT2D eigenvalue weighted by atomic mass is 9.98. The Morgan fingerprint density at radius 1 is 1.25 bits per heavy atom. The van der Waals surface area contributed by atoms with Crippen molar-refractivity contribution in [2.75, 3.05) is 46.5 Å². The van der Waals surface area contributed by atoms with Crippen molar-refractivity contribution in [3.63, 3.8) is 0 Å². The minimum absolute atomic E-state index is 0.445. The molecule has 2 aliphatic heterocycles. The first kappa shape index (κ1) is 16.2. The molecule has 4 heteroatoms. The molecule has 0 saturated carbocycles. The lowest BCUT2D eigenvalue weighted by Gasteiger charge is -2.32. The van der Waals surface area contributed by atoms with Crippen LogP contribution in [-0.4, -0.2) is 63.5 Å². The first-order valence-electron chi connectivity index (χ1n) is 8.41. The van der Waals surface area contributed by atoms with Gasteiger partial charge in [0.2, 0.25) is 0 Å². The zero-order valence-corrected chi connectivity index (χ0v) is 13.3. The lowest BCUT2D eigenvalue weighted by molar-refractivity contribution is -0.00360. The minimum Gasteiger partial charge on any atom is -0.381 e. The molecule has 20 heavy (non-hydrogen) atoms. The van der Waals surface area contributed by atoms with E-state index in [1.165, 1.54) is 32.1 Å². The van der Waals surface area contributed by atoms with Gasteiger partial charge in [-0.3, -0.25) is 0 Å². The Labute approximate surface area is 124 Å². The first-order valence-corrected chi connectivity index (χ1v) is 8.41. The van der Waals surface area contributed by atoms with Crippen molar-refractivity contribution in [2.45, 2.75) is 51.2 Å². The Morgan fingerprint density at radius 3 is 2.80 bits per heavy atom. The summed E-state index contributed by atoms with van der Waals surface area (Å²) < 4.78 is 11.4. The molecule has 2 saturated heterocycles. The minimum atomic E-state index is 0.445. The Kier molecular flexibility index (Phi) is 7.28. The SMILES string of the molecule is CCCNC(CN(C)CC1CCCCO1)C1CCOC1. The highest BCUT2D eigenvalue weighted by Crippen LogP contribution is 2.19. The highest BCUT2D eigenvalue weighted by molar-refractivity contribution is 4.82. The summed E-state index contributed by atoms with van der Waals surface area (Å²) in [4.78, 5) is 2.45. The number of hydrogen-bond donors (Lipinski definition) is 1. The molecule has 4 nitrogen and oxygen atoms in total. The summed E-state index contributed by atoms with van der Waals surface area (Å²) in [5.74, 6) is 0.677. The van der Waals surface area contributed by atoms with E-state index in [1.807, 2.05) is 0 Å². The summed E-state index contributed by atoms with van der Waals surface area (Å²) in [7, 11) is 2.23. The third kappa shape index (κ3) is 5.32. The average Bonchev–Trinajstić information content (AvgIpc) is 2.98. The topological polar surface area (TPSA) is 33.7 Å². The van der Waals surface area contributed by atoms with Crippen LogP contribution in [0.1, 0.15) is 39.0 Å². The van der Waals surface area contributed by atoms with Crippen LogP contribution in [0.2, 0.25) is 0 Å². The highest BCUT2D eigenvalue weighted by Gasteiger charge is 2.27. The molecule has 2 aliphatic rings. The molecule has 0 spiro atoms. The molecule has 0 amide bonds. The second-order valence-electron chi connectivity index (χ2n) is 6.39. The summed E-state index contributed by atoms with van der Waals surface area (Å²) in [6.45, 7) is 8.32. The van der Waals surface area contributed by atoms with Crippen molar-refractivity contribution in [3.8, 4) is 0 Å². The van der Waals surface area contributed by atoms with Gasteiger partial charge in [0.15, 0.2) is 0 Å². The monoisotopic (exact) mass is 284 g/mol. The molecule has 1 N–H and O–H groups in total. The highest BCUT2D eigenvalue weighted by atomic mass is 16.5. The number of ether oxygens (including phenoxy) is 2. The summed E-state index contributed by atoms with van der Waals surface area (Å²) in [6, 6.07) is 0.561. The Balaban J connectivity index is 1.75. The van der Waals surface area contributed by atoms with Gasteiger partial charge in [-0.2, -0.15) is 0 Å². The van der Waals surface area contributed by atoms with Crippen LogP contribution in [0.3, 0.4) is 0 Å². The molecule has 0 aromatic rings. The Morgan fingerprint density at radius 2 is 2.15 bits per heavy atom. The van der Waals surface area contributed by atoms with Gasteiger partial charge in [0, 0.05) is 38.3 Å². The molecule has 2 rings (SSSR count). The van der Waals surface area contributed by atoms with Gasteiger partial charge < -0.3 is 19.7 Å². The van der Waals surface area contributed by atoms with Crippen LogP contribution in [-0.2, 0) is 9.47 Å². The normalized spacial score (nSPS) is 28.9. The number of rotatable bonds is 8. The van der Waals surface area contributed by atoms with Gasteiger partial charge in [-0.1, -0.05) is 6.92 Å². The molecule has 0 aliphatic carbocycles. The number of nitrogens with zero attached hydrogens (tertiary/aromatic N) is 1. The molecular formula is C16H32N2O2. The molecular weight excluding hydrogens is 252 g/mol. The van der Waals surface area contributed by atoms with Gasteiger partial charge in [0.25, 0.3) is 0 Å². The number of nitrogens with one attached hydrogen (secondary N) is 1. The second kappa shape index (κ2) is 8.98. The van der Waals surface area contributed by atoms with Crippen LogP contribution < -0.4 is 5.32 Å². The van der Waals surface area contributed by atoms with Crippen molar-refractivity contribution in [1.29, 1.82) is 0 Å². The molecule has 0 aromatic carbocycles. The third-order valence-electron chi connectivity index (χ3n) is 4.49. The van der Waals surface area contributed by atoms with E-state index in [-0.39, 0.29) is 0 Å². The predicted molar refractivity (Wildman–Crippen MR) is 82.1 cm³/mol. The fraction of sp³-hybridized carbons (Fsp3) is 1.00. The van der Waals surface area contributed by atoms with E-state index in [0.717, 1.165) is 39.5 Å². The average molecular weight is 284 g/mol. The van der Waals surface area contributed by atoms with Crippen LogP contribution in [0.15, 0.2) is 0 Å². The van der Waals surface area contributed by atoms with E-state index in [4.69, 9.17) is 9.47 Å². The molecule has 118 valence electrons. The largest absolute Gasteiger partial charge is 0.381 e. The summed E-state index contributed by atoms with van der Waals surface area (Å²) in [5.41, 5.74) is 0. The van der Waals surface area contributed by atoms with Crippen molar-refractivity contribution < 1.29 is 9.47 Å². The van der Waals surface area contributed by atoms with Gasteiger partial charge in [-0.25, -0.2) is 0 Å². The maximum absolute atomic E-state index is 5.85. The van der Waals surface area contributed by atoms with Crippen molar-refractivity contribution in [2.24, 2.45) is 5.92 Å². The molecule has 3 atom stereocenters. The fourth-order valence-corrected chi connectivity index (χ4v) is 3.29. The van der Waals surface area contributed by atoms with Crippen LogP contribution in [0.5, 0.6) is 0 Å². The maximum Gasteiger partial charge on any atom is 0.0701 e. The first-order chi connectivity index (χ1) is 9.79. The van der Waals surface area contributed by atoms with E-state index in [9.17, 15) is 0 Å². The molecule has 2 fully saturated rings. The standard InChI is InChI=1S/C16H32N2O2/c1-3-8-17-16(14-7-10-19-13-14)12-18(2)11-15-6-4-5-9-20-15/h14-17H,3-13H2,1-2H3. The van der Waals surface area contributed by atoms with Gasteiger partial charge in [-0.15, -0.1) is 0 Å². The van der Waals surface area contributed by atoms with Crippen LogP contribution in [0.4, 0.5) is 0 Å². The van der Waals surface area contributed by atoms with Crippen molar-refractivity contribution >= 4 is 0 Å². The Bertz CT molecular complexity index is 251. The third-order valence-corrected chi connectivity index (χ3v) is 4.49. The van der Waals surface area contributed by atoms with Crippen molar-refractivity contribution in [3.05, 3.63) is 0 Å². The van der Waals surface area contributed by atoms with Crippen LogP contribution >= 0.6 is 0 Å². The molecule has 3 unspecified atom stereocenters. The van der Waals surface area contributed by atoms with Gasteiger partial charge in [0.05, 0.1) is 12.7 Å².